The second-order valence-corrected chi connectivity index (χ2v) is 3.88. The zero-order valence-electron chi connectivity index (χ0n) is 8.21. The molecule has 1 nitrogen and oxygen atoms in total. The van der Waals surface area contributed by atoms with Crippen molar-refractivity contribution < 1.29 is 5.11 Å². The van der Waals surface area contributed by atoms with Crippen LogP contribution in [0, 0.1) is 17.3 Å². The summed E-state index contributed by atoms with van der Waals surface area (Å²) >= 11 is 0. The summed E-state index contributed by atoms with van der Waals surface area (Å²) in [5, 5.41) is 9.17. The van der Waals surface area contributed by atoms with E-state index in [-0.39, 0.29) is 0 Å². The van der Waals surface area contributed by atoms with Crippen LogP contribution in [0.2, 0.25) is 0 Å². The summed E-state index contributed by atoms with van der Waals surface area (Å²) in [6.45, 7) is 8.59. The van der Waals surface area contributed by atoms with Gasteiger partial charge in [0.1, 0.15) is 0 Å². The number of allylic oxidation sites excluding steroid dienone is 1. The molecule has 1 N–H and O–H groups in total. The maximum Gasteiger partial charge on any atom is 0.0467 e. The SMILES string of the molecule is C=CC[C@@]1(CC)[C@H](CC)[C@H]1CO. The molecule has 0 aliphatic heterocycles. The van der Waals surface area contributed by atoms with Crippen LogP contribution in [0.1, 0.15) is 33.1 Å². The van der Waals surface area contributed by atoms with E-state index < -0.39 is 0 Å². The van der Waals surface area contributed by atoms with Gasteiger partial charge < -0.3 is 5.11 Å². The second kappa shape index (κ2) is 3.61. The second-order valence-electron chi connectivity index (χ2n) is 3.88. The fourth-order valence-electron chi connectivity index (χ4n) is 2.91. The number of hydrogen-bond donors (Lipinski definition) is 1. The van der Waals surface area contributed by atoms with E-state index in [1.54, 1.807) is 0 Å². The molecule has 1 rings (SSSR count). The minimum absolute atomic E-state index is 0.361. The summed E-state index contributed by atoms with van der Waals surface area (Å²) in [5.41, 5.74) is 0.408. The Hall–Kier alpha value is -0.300. The lowest BCUT2D eigenvalue weighted by Crippen LogP contribution is -2.04. The molecule has 0 saturated heterocycles. The van der Waals surface area contributed by atoms with Gasteiger partial charge in [0.2, 0.25) is 0 Å². The Kier molecular flexibility index (Phi) is 2.94. The Labute approximate surface area is 75.5 Å². The quantitative estimate of drug-likeness (QED) is 0.626. The van der Waals surface area contributed by atoms with Gasteiger partial charge in [-0.3, -0.25) is 0 Å². The van der Waals surface area contributed by atoms with Crippen molar-refractivity contribution in [3.05, 3.63) is 12.7 Å². The van der Waals surface area contributed by atoms with Gasteiger partial charge in [0.05, 0.1) is 0 Å². The van der Waals surface area contributed by atoms with Crippen LogP contribution in [0.5, 0.6) is 0 Å². The normalized spacial score (nSPS) is 39.6. The third-order valence-corrected chi connectivity index (χ3v) is 3.67. The van der Waals surface area contributed by atoms with Crippen molar-refractivity contribution in [1.82, 2.24) is 0 Å². The zero-order chi connectivity index (χ0) is 9.19. The zero-order valence-corrected chi connectivity index (χ0v) is 8.21. The first-order chi connectivity index (χ1) is 5.76. The highest BCUT2D eigenvalue weighted by Gasteiger charge is 2.60. The average Bonchev–Trinajstić information content (AvgIpc) is 2.73. The molecule has 1 fully saturated rings. The summed E-state index contributed by atoms with van der Waals surface area (Å²) in [6, 6.07) is 0. The minimum Gasteiger partial charge on any atom is -0.396 e. The summed E-state index contributed by atoms with van der Waals surface area (Å²) in [6.07, 6.45) is 5.46. The smallest absolute Gasteiger partial charge is 0.0467 e. The van der Waals surface area contributed by atoms with E-state index in [4.69, 9.17) is 5.11 Å². The molecule has 1 aliphatic carbocycles. The van der Waals surface area contributed by atoms with Gasteiger partial charge in [-0.1, -0.05) is 26.3 Å². The molecule has 0 aromatic carbocycles. The highest BCUT2D eigenvalue weighted by atomic mass is 16.3. The molecule has 0 spiro atoms. The molecule has 0 radical (unpaired) electrons. The molecule has 0 bridgehead atoms. The predicted octanol–water partition coefficient (Wildman–Crippen LogP) is 2.61. The monoisotopic (exact) mass is 168 g/mol. The largest absolute Gasteiger partial charge is 0.396 e. The maximum atomic E-state index is 9.17. The van der Waals surface area contributed by atoms with E-state index in [1.165, 1.54) is 12.8 Å². The standard InChI is InChI=1S/C11H20O/c1-4-7-11(6-3)9(5-2)10(11)8-12/h4,9-10,12H,1,5-8H2,2-3H3/t9-,10-,11+/m1/s1. The van der Waals surface area contributed by atoms with Crippen LogP contribution in [0.3, 0.4) is 0 Å². The first kappa shape index (κ1) is 9.79. The summed E-state index contributed by atoms with van der Waals surface area (Å²) in [7, 11) is 0. The molecule has 0 heterocycles. The third kappa shape index (κ3) is 1.20. The molecule has 0 aromatic heterocycles. The summed E-state index contributed by atoms with van der Waals surface area (Å²) < 4.78 is 0. The molecule has 0 unspecified atom stereocenters. The lowest BCUT2D eigenvalue weighted by atomic mass is 9.93. The van der Waals surface area contributed by atoms with Gasteiger partial charge >= 0.3 is 0 Å². The lowest BCUT2D eigenvalue weighted by molar-refractivity contribution is 0.245. The van der Waals surface area contributed by atoms with Crippen molar-refractivity contribution in [2.45, 2.75) is 33.1 Å². The van der Waals surface area contributed by atoms with E-state index in [2.05, 4.69) is 20.4 Å². The van der Waals surface area contributed by atoms with Crippen LogP contribution in [-0.2, 0) is 0 Å². The van der Waals surface area contributed by atoms with Crippen LogP contribution in [0.4, 0.5) is 0 Å². The van der Waals surface area contributed by atoms with Gasteiger partial charge in [0.15, 0.2) is 0 Å². The molecular weight excluding hydrogens is 148 g/mol. The Morgan fingerprint density at radius 1 is 1.42 bits per heavy atom. The van der Waals surface area contributed by atoms with Crippen molar-refractivity contribution in [1.29, 1.82) is 0 Å². The minimum atomic E-state index is 0.361. The summed E-state index contributed by atoms with van der Waals surface area (Å²) in [4.78, 5) is 0. The number of hydrogen-bond acceptors (Lipinski definition) is 1. The Bertz CT molecular complexity index is 152. The molecule has 0 aromatic rings. The van der Waals surface area contributed by atoms with Gasteiger partial charge in [-0.2, -0.15) is 0 Å². The first-order valence-corrected chi connectivity index (χ1v) is 4.98. The van der Waals surface area contributed by atoms with Crippen LogP contribution in [-0.4, -0.2) is 11.7 Å². The van der Waals surface area contributed by atoms with E-state index in [0.717, 1.165) is 12.3 Å². The van der Waals surface area contributed by atoms with Crippen molar-refractivity contribution in [3.63, 3.8) is 0 Å². The fourth-order valence-corrected chi connectivity index (χ4v) is 2.91. The van der Waals surface area contributed by atoms with Gasteiger partial charge in [-0.05, 0) is 30.1 Å². The van der Waals surface area contributed by atoms with Gasteiger partial charge in [-0.15, -0.1) is 6.58 Å². The molecule has 70 valence electrons. The van der Waals surface area contributed by atoms with Crippen LogP contribution < -0.4 is 0 Å². The first-order valence-electron chi connectivity index (χ1n) is 4.98. The third-order valence-electron chi connectivity index (χ3n) is 3.67. The van der Waals surface area contributed by atoms with Crippen LogP contribution in [0.25, 0.3) is 0 Å². The fraction of sp³-hybridized carbons (Fsp3) is 0.818. The van der Waals surface area contributed by atoms with Gasteiger partial charge in [0, 0.05) is 6.61 Å². The van der Waals surface area contributed by atoms with Crippen molar-refractivity contribution in [3.8, 4) is 0 Å². The van der Waals surface area contributed by atoms with Gasteiger partial charge in [-0.25, -0.2) is 0 Å². The average molecular weight is 168 g/mol. The predicted molar refractivity (Wildman–Crippen MR) is 51.9 cm³/mol. The Balaban J connectivity index is 2.62. The molecule has 1 aliphatic rings. The lowest BCUT2D eigenvalue weighted by Gasteiger charge is -2.12. The molecule has 3 atom stereocenters. The topological polar surface area (TPSA) is 20.2 Å². The molecule has 0 amide bonds. The number of rotatable bonds is 5. The van der Waals surface area contributed by atoms with Gasteiger partial charge in [0.25, 0.3) is 0 Å². The van der Waals surface area contributed by atoms with Crippen molar-refractivity contribution >= 4 is 0 Å². The number of aliphatic hydroxyl groups excluding tert-OH is 1. The van der Waals surface area contributed by atoms with E-state index in [1.807, 2.05) is 6.08 Å². The Morgan fingerprint density at radius 2 is 2.08 bits per heavy atom. The molecule has 1 saturated carbocycles. The van der Waals surface area contributed by atoms with E-state index in [9.17, 15) is 0 Å². The van der Waals surface area contributed by atoms with E-state index >= 15 is 0 Å². The Morgan fingerprint density at radius 3 is 2.33 bits per heavy atom. The molecule has 12 heavy (non-hydrogen) atoms. The van der Waals surface area contributed by atoms with E-state index in [0.29, 0.717) is 17.9 Å². The van der Waals surface area contributed by atoms with Crippen molar-refractivity contribution in [2.24, 2.45) is 17.3 Å². The molecular formula is C11H20O. The summed E-state index contributed by atoms with van der Waals surface area (Å²) in [5.74, 6) is 1.29. The van der Waals surface area contributed by atoms with Crippen molar-refractivity contribution in [2.75, 3.05) is 6.61 Å². The number of aliphatic hydroxyl groups is 1. The highest BCUT2D eigenvalue weighted by Crippen LogP contribution is 2.64. The highest BCUT2D eigenvalue weighted by molar-refractivity contribution is 5.10. The van der Waals surface area contributed by atoms with Crippen LogP contribution in [0.15, 0.2) is 12.7 Å². The molecule has 1 heteroatoms. The maximum absolute atomic E-state index is 9.17. The van der Waals surface area contributed by atoms with Crippen LogP contribution >= 0.6 is 0 Å².